The van der Waals surface area contributed by atoms with Crippen LogP contribution in [0.3, 0.4) is 0 Å². The Balaban J connectivity index is 1.36. The van der Waals surface area contributed by atoms with Crippen LogP contribution in [0, 0.1) is 0 Å². The number of thiocarbonyl (C=S) groups is 1. The summed E-state index contributed by atoms with van der Waals surface area (Å²) < 4.78 is 0. The molecule has 2 heterocycles. The molecular weight excluding hydrogens is 388 g/mol. The molecule has 1 saturated carbocycles. The Morgan fingerprint density at radius 1 is 1.07 bits per heavy atom. The van der Waals surface area contributed by atoms with E-state index in [0.717, 1.165) is 24.6 Å². The standard InChI is InChI=1S/C25H34N4S/c1-20-10-6-9-17-29(20)23-14-13-22(18-26-23)28-24(30)27-19-25(15-7-3-8-16-25)21-11-4-2-5-12-21/h2,4-5,11-14,18,20H,3,6-10,15-17,19H2,1H3,(H2,27,28,30)/t20-/m1/s1. The van der Waals surface area contributed by atoms with E-state index in [1.807, 2.05) is 6.20 Å². The number of hydrogen-bond acceptors (Lipinski definition) is 3. The van der Waals surface area contributed by atoms with Crippen LogP contribution in [0.4, 0.5) is 11.5 Å². The predicted octanol–water partition coefficient (Wildman–Crippen LogP) is 5.65. The Labute approximate surface area is 186 Å². The summed E-state index contributed by atoms with van der Waals surface area (Å²) in [6.45, 7) is 4.27. The van der Waals surface area contributed by atoms with Crippen LogP contribution < -0.4 is 15.5 Å². The molecule has 0 bridgehead atoms. The Morgan fingerprint density at radius 2 is 1.87 bits per heavy atom. The lowest BCUT2D eigenvalue weighted by Crippen LogP contribution is -2.43. The van der Waals surface area contributed by atoms with Gasteiger partial charge in [0.2, 0.25) is 0 Å². The Bertz CT molecular complexity index is 815. The number of nitrogens with one attached hydrogen (secondary N) is 2. The molecule has 160 valence electrons. The summed E-state index contributed by atoms with van der Waals surface area (Å²) in [5.41, 5.74) is 2.55. The molecule has 0 radical (unpaired) electrons. The normalized spacial score (nSPS) is 21.1. The summed E-state index contributed by atoms with van der Waals surface area (Å²) in [4.78, 5) is 7.11. The minimum absolute atomic E-state index is 0.178. The summed E-state index contributed by atoms with van der Waals surface area (Å²) in [7, 11) is 0. The van der Waals surface area contributed by atoms with Crippen molar-refractivity contribution in [3.05, 3.63) is 54.2 Å². The quantitative estimate of drug-likeness (QED) is 0.610. The lowest BCUT2D eigenvalue weighted by molar-refractivity contribution is 0.292. The van der Waals surface area contributed by atoms with E-state index in [2.05, 4.69) is 64.9 Å². The van der Waals surface area contributed by atoms with Crippen molar-refractivity contribution in [2.24, 2.45) is 0 Å². The van der Waals surface area contributed by atoms with Crippen LogP contribution in [-0.2, 0) is 5.41 Å². The smallest absolute Gasteiger partial charge is 0.170 e. The third-order valence-electron chi connectivity index (χ3n) is 6.89. The number of hydrogen-bond donors (Lipinski definition) is 2. The van der Waals surface area contributed by atoms with E-state index in [-0.39, 0.29) is 5.41 Å². The zero-order valence-corrected chi connectivity index (χ0v) is 18.9. The van der Waals surface area contributed by atoms with Crippen LogP contribution in [-0.4, -0.2) is 29.2 Å². The van der Waals surface area contributed by atoms with Crippen molar-refractivity contribution in [3.8, 4) is 0 Å². The van der Waals surface area contributed by atoms with Gasteiger partial charge in [-0.05, 0) is 68.9 Å². The molecule has 2 N–H and O–H groups in total. The Kier molecular flexibility index (Phi) is 6.88. The van der Waals surface area contributed by atoms with Crippen molar-refractivity contribution in [2.45, 2.75) is 69.7 Å². The van der Waals surface area contributed by atoms with Gasteiger partial charge in [0.05, 0.1) is 11.9 Å². The molecule has 1 atom stereocenters. The van der Waals surface area contributed by atoms with Gasteiger partial charge in [-0.3, -0.25) is 0 Å². The number of piperidine rings is 1. The van der Waals surface area contributed by atoms with Crippen molar-refractivity contribution in [1.82, 2.24) is 10.3 Å². The first-order chi connectivity index (χ1) is 14.7. The third kappa shape index (κ3) is 4.94. The number of rotatable bonds is 5. The highest BCUT2D eigenvalue weighted by molar-refractivity contribution is 7.80. The van der Waals surface area contributed by atoms with Gasteiger partial charge in [-0.25, -0.2) is 4.98 Å². The summed E-state index contributed by atoms with van der Waals surface area (Å²) in [6, 6.07) is 15.7. The third-order valence-corrected chi connectivity index (χ3v) is 7.13. The monoisotopic (exact) mass is 422 g/mol. The summed E-state index contributed by atoms with van der Waals surface area (Å²) in [6.07, 6.45) is 12.1. The fourth-order valence-electron chi connectivity index (χ4n) is 5.08. The number of aromatic nitrogens is 1. The number of nitrogens with zero attached hydrogens (tertiary/aromatic N) is 2. The second-order valence-electron chi connectivity index (χ2n) is 8.96. The molecule has 2 aromatic rings. The van der Waals surface area contributed by atoms with Gasteiger partial charge in [0.25, 0.3) is 0 Å². The van der Waals surface area contributed by atoms with Gasteiger partial charge in [0, 0.05) is 24.5 Å². The Morgan fingerprint density at radius 3 is 2.57 bits per heavy atom. The average Bonchev–Trinajstić information content (AvgIpc) is 2.80. The fourth-order valence-corrected chi connectivity index (χ4v) is 5.27. The number of pyridine rings is 1. The zero-order chi connectivity index (χ0) is 20.8. The highest BCUT2D eigenvalue weighted by Crippen LogP contribution is 2.39. The van der Waals surface area contributed by atoms with Crippen LogP contribution in [0.15, 0.2) is 48.7 Å². The number of anilines is 2. The molecule has 5 heteroatoms. The van der Waals surface area contributed by atoms with Crippen LogP contribution in [0.2, 0.25) is 0 Å². The first-order valence-corrected chi connectivity index (χ1v) is 11.9. The topological polar surface area (TPSA) is 40.2 Å². The van der Waals surface area contributed by atoms with E-state index in [9.17, 15) is 0 Å². The maximum absolute atomic E-state index is 5.62. The second kappa shape index (κ2) is 9.78. The highest BCUT2D eigenvalue weighted by Gasteiger charge is 2.33. The van der Waals surface area contributed by atoms with E-state index in [1.54, 1.807) is 0 Å². The zero-order valence-electron chi connectivity index (χ0n) is 18.1. The summed E-state index contributed by atoms with van der Waals surface area (Å²) >= 11 is 5.62. The molecule has 4 nitrogen and oxygen atoms in total. The van der Waals surface area contributed by atoms with Crippen LogP contribution in [0.5, 0.6) is 0 Å². The molecular formula is C25H34N4S. The average molecular weight is 423 g/mol. The van der Waals surface area contributed by atoms with Crippen molar-refractivity contribution >= 4 is 28.8 Å². The molecule has 1 aromatic carbocycles. The van der Waals surface area contributed by atoms with Gasteiger partial charge in [0.15, 0.2) is 5.11 Å². The maximum atomic E-state index is 5.62. The van der Waals surface area contributed by atoms with E-state index >= 15 is 0 Å². The highest BCUT2D eigenvalue weighted by atomic mass is 32.1. The largest absolute Gasteiger partial charge is 0.362 e. The second-order valence-corrected chi connectivity index (χ2v) is 9.37. The Hall–Kier alpha value is -2.14. The van der Waals surface area contributed by atoms with Gasteiger partial charge >= 0.3 is 0 Å². The van der Waals surface area contributed by atoms with Crippen molar-refractivity contribution in [1.29, 1.82) is 0 Å². The van der Waals surface area contributed by atoms with E-state index in [1.165, 1.54) is 56.9 Å². The molecule has 30 heavy (non-hydrogen) atoms. The van der Waals surface area contributed by atoms with Gasteiger partial charge in [-0.15, -0.1) is 0 Å². The number of benzene rings is 1. The van der Waals surface area contributed by atoms with Crippen LogP contribution in [0.25, 0.3) is 0 Å². The minimum atomic E-state index is 0.178. The molecule has 0 unspecified atom stereocenters. The molecule has 2 fully saturated rings. The molecule has 4 rings (SSSR count). The minimum Gasteiger partial charge on any atom is -0.362 e. The SMILES string of the molecule is C[C@@H]1CCCCN1c1ccc(NC(=S)NCC2(c3ccccc3)CCCCC2)cn1. The molecule has 1 saturated heterocycles. The predicted molar refractivity (Wildman–Crippen MR) is 130 cm³/mol. The lowest BCUT2D eigenvalue weighted by Gasteiger charge is -2.38. The van der Waals surface area contributed by atoms with Gasteiger partial charge in [0.1, 0.15) is 5.82 Å². The molecule has 1 aliphatic carbocycles. The molecule has 0 spiro atoms. The van der Waals surface area contributed by atoms with Gasteiger partial charge in [-0.1, -0.05) is 49.6 Å². The maximum Gasteiger partial charge on any atom is 0.170 e. The van der Waals surface area contributed by atoms with E-state index in [0.29, 0.717) is 11.2 Å². The van der Waals surface area contributed by atoms with Crippen LogP contribution in [0.1, 0.15) is 63.9 Å². The summed E-state index contributed by atoms with van der Waals surface area (Å²) in [5.74, 6) is 1.07. The molecule has 0 amide bonds. The summed E-state index contributed by atoms with van der Waals surface area (Å²) in [5, 5.41) is 7.52. The lowest BCUT2D eigenvalue weighted by atomic mass is 9.69. The van der Waals surface area contributed by atoms with Crippen molar-refractivity contribution in [3.63, 3.8) is 0 Å². The first kappa shape index (κ1) is 21.1. The molecule has 1 aliphatic heterocycles. The van der Waals surface area contributed by atoms with Crippen molar-refractivity contribution < 1.29 is 0 Å². The van der Waals surface area contributed by atoms with Gasteiger partial charge < -0.3 is 15.5 Å². The van der Waals surface area contributed by atoms with E-state index < -0.39 is 0 Å². The van der Waals surface area contributed by atoms with E-state index in [4.69, 9.17) is 17.2 Å². The fraction of sp³-hybridized carbons (Fsp3) is 0.520. The molecule has 2 aliphatic rings. The van der Waals surface area contributed by atoms with Gasteiger partial charge in [-0.2, -0.15) is 0 Å². The van der Waals surface area contributed by atoms with Crippen LogP contribution >= 0.6 is 12.2 Å². The van der Waals surface area contributed by atoms with Crippen molar-refractivity contribution in [2.75, 3.05) is 23.3 Å². The molecule has 1 aromatic heterocycles. The first-order valence-electron chi connectivity index (χ1n) is 11.5.